The summed E-state index contributed by atoms with van der Waals surface area (Å²) in [6.07, 6.45) is 6.11. The molecule has 2 N–H and O–H groups in total. The molecule has 134 valence electrons. The number of halogens is 1. The summed E-state index contributed by atoms with van der Waals surface area (Å²) in [4.78, 5) is 12.6. The molecule has 1 fully saturated rings. The normalized spacial score (nSPS) is 22.1. The molecule has 0 bridgehead atoms. The first-order chi connectivity index (χ1) is 11.7. The largest absolute Gasteiger partial charge is 0.316 e. The number of carbonyl (C=O) groups excluding carboxylic acids is 1. The second-order valence-electron chi connectivity index (χ2n) is 6.91. The zero-order valence-corrected chi connectivity index (χ0v) is 15.3. The molecule has 1 aliphatic heterocycles. The number of nitrogens with zero attached hydrogens (tertiary/aromatic N) is 2. The Bertz CT molecular complexity index is 752. The van der Waals surface area contributed by atoms with Crippen molar-refractivity contribution < 1.29 is 4.79 Å². The Hall–Kier alpha value is -1.85. The minimum Gasteiger partial charge on any atom is -0.316 e. The van der Waals surface area contributed by atoms with E-state index in [4.69, 9.17) is 0 Å². The summed E-state index contributed by atoms with van der Waals surface area (Å²) < 4.78 is 2.02. The lowest BCUT2D eigenvalue weighted by Gasteiger charge is -2.27. The van der Waals surface area contributed by atoms with Gasteiger partial charge in [0.15, 0.2) is 0 Å². The van der Waals surface area contributed by atoms with Gasteiger partial charge < -0.3 is 10.6 Å². The van der Waals surface area contributed by atoms with Gasteiger partial charge in [0.1, 0.15) is 5.82 Å². The Morgan fingerprint density at radius 1 is 1.32 bits per heavy atom. The van der Waals surface area contributed by atoms with Gasteiger partial charge in [0.25, 0.3) is 0 Å². The number of fused-ring (bicyclic) bond motifs is 1. The average molecular weight is 361 g/mol. The Morgan fingerprint density at radius 3 is 2.96 bits per heavy atom. The van der Waals surface area contributed by atoms with Crippen molar-refractivity contribution in [3.63, 3.8) is 0 Å². The van der Waals surface area contributed by atoms with E-state index in [0.717, 1.165) is 50.2 Å². The van der Waals surface area contributed by atoms with Crippen LogP contribution in [0, 0.1) is 12.8 Å². The molecule has 5 nitrogen and oxygen atoms in total. The highest BCUT2D eigenvalue weighted by Crippen LogP contribution is 2.35. The topological polar surface area (TPSA) is 59.0 Å². The van der Waals surface area contributed by atoms with Crippen LogP contribution in [0.1, 0.15) is 42.0 Å². The Labute approximate surface area is 154 Å². The second kappa shape index (κ2) is 7.58. The first kappa shape index (κ1) is 18.0. The highest BCUT2D eigenvalue weighted by molar-refractivity contribution is 5.92. The number of rotatable bonds is 3. The van der Waals surface area contributed by atoms with Crippen molar-refractivity contribution in [2.45, 2.75) is 38.6 Å². The number of carbonyl (C=O) groups is 1. The van der Waals surface area contributed by atoms with Crippen molar-refractivity contribution in [3.8, 4) is 0 Å². The highest BCUT2D eigenvalue weighted by atomic mass is 35.5. The van der Waals surface area contributed by atoms with Gasteiger partial charge in [-0.25, -0.2) is 4.68 Å². The Kier molecular flexibility index (Phi) is 5.45. The number of aryl methyl sites for hydroxylation is 2. The molecule has 25 heavy (non-hydrogen) atoms. The number of anilines is 1. The Balaban J connectivity index is 0.00000182. The maximum Gasteiger partial charge on any atom is 0.229 e. The lowest BCUT2D eigenvalue weighted by molar-refractivity contribution is -0.119. The van der Waals surface area contributed by atoms with Gasteiger partial charge in [0.2, 0.25) is 5.91 Å². The molecule has 6 heteroatoms. The molecule has 0 radical (unpaired) electrons. The van der Waals surface area contributed by atoms with Crippen molar-refractivity contribution in [3.05, 3.63) is 47.2 Å². The summed E-state index contributed by atoms with van der Waals surface area (Å²) in [6, 6.07) is 8.81. The molecule has 2 unspecified atom stereocenters. The van der Waals surface area contributed by atoms with Gasteiger partial charge in [-0.1, -0.05) is 24.3 Å². The molecule has 0 spiro atoms. The number of benzene rings is 1. The number of hydrogen-bond acceptors (Lipinski definition) is 3. The minimum atomic E-state index is 0. The molecule has 1 amide bonds. The summed E-state index contributed by atoms with van der Waals surface area (Å²) in [7, 11) is 0. The predicted octanol–water partition coefficient (Wildman–Crippen LogP) is 3.09. The number of amides is 1. The third-order valence-corrected chi connectivity index (χ3v) is 5.28. The van der Waals surface area contributed by atoms with E-state index in [1.807, 2.05) is 17.8 Å². The summed E-state index contributed by atoms with van der Waals surface area (Å²) >= 11 is 0. The van der Waals surface area contributed by atoms with Gasteiger partial charge >= 0.3 is 0 Å². The average Bonchev–Trinajstić information content (AvgIpc) is 3.26. The van der Waals surface area contributed by atoms with Crippen LogP contribution >= 0.6 is 12.4 Å². The molecule has 1 aliphatic carbocycles. The van der Waals surface area contributed by atoms with Gasteiger partial charge in [-0.15, -0.1) is 12.4 Å². The molecule has 2 heterocycles. The van der Waals surface area contributed by atoms with Crippen molar-refractivity contribution in [1.29, 1.82) is 0 Å². The van der Waals surface area contributed by atoms with Crippen LogP contribution in [-0.4, -0.2) is 28.8 Å². The van der Waals surface area contributed by atoms with Crippen molar-refractivity contribution in [2.75, 3.05) is 18.4 Å². The fourth-order valence-corrected chi connectivity index (χ4v) is 3.92. The lowest BCUT2D eigenvalue weighted by Crippen LogP contribution is -2.28. The lowest BCUT2D eigenvalue weighted by atomic mass is 9.88. The van der Waals surface area contributed by atoms with Crippen molar-refractivity contribution in [2.24, 2.45) is 5.92 Å². The molecule has 2 atom stereocenters. The van der Waals surface area contributed by atoms with E-state index < -0.39 is 0 Å². The minimum absolute atomic E-state index is 0. The number of nitrogens with one attached hydrogen (secondary N) is 2. The zero-order valence-electron chi connectivity index (χ0n) is 14.5. The molecule has 1 aromatic carbocycles. The first-order valence-corrected chi connectivity index (χ1v) is 8.87. The summed E-state index contributed by atoms with van der Waals surface area (Å²) in [5.74, 6) is 1.02. The standard InChI is InChI=1S/C19H24N4O.ClH/c1-13-11-21-23(18(13)22-19(24)15-9-10-20-12-15)17-8-4-6-14-5-2-3-7-16(14)17;/h2-3,5,7,11,15,17,20H,4,6,8-10,12H2,1H3,(H,22,24);1H. The van der Waals surface area contributed by atoms with Crippen LogP contribution in [0.2, 0.25) is 0 Å². The molecule has 0 saturated carbocycles. The van der Waals surface area contributed by atoms with Crippen LogP contribution in [-0.2, 0) is 11.2 Å². The van der Waals surface area contributed by atoms with Crippen LogP contribution in [0.4, 0.5) is 5.82 Å². The molecule has 4 rings (SSSR count). The van der Waals surface area contributed by atoms with Crippen LogP contribution in [0.3, 0.4) is 0 Å². The van der Waals surface area contributed by atoms with E-state index in [0.29, 0.717) is 0 Å². The van der Waals surface area contributed by atoms with Crippen LogP contribution in [0.15, 0.2) is 30.5 Å². The maximum absolute atomic E-state index is 12.6. The van der Waals surface area contributed by atoms with E-state index in [2.05, 4.69) is 40.0 Å². The monoisotopic (exact) mass is 360 g/mol. The SMILES string of the molecule is Cc1cnn(C2CCCc3ccccc32)c1NC(=O)C1CCNC1.Cl. The predicted molar refractivity (Wildman–Crippen MR) is 101 cm³/mol. The van der Waals surface area contributed by atoms with Crippen molar-refractivity contribution in [1.82, 2.24) is 15.1 Å². The van der Waals surface area contributed by atoms with Crippen LogP contribution in [0.25, 0.3) is 0 Å². The van der Waals surface area contributed by atoms with E-state index in [1.54, 1.807) is 0 Å². The molecular formula is C19H25ClN4O. The van der Waals surface area contributed by atoms with Gasteiger partial charge in [0, 0.05) is 12.1 Å². The Morgan fingerprint density at radius 2 is 2.16 bits per heavy atom. The second-order valence-corrected chi connectivity index (χ2v) is 6.91. The van der Waals surface area contributed by atoms with E-state index in [9.17, 15) is 4.79 Å². The molecular weight excluding hydrogens is 336 g/mol. The maximum atomic E-state index is 12.6. The zero-order chi connectivity index (χ0) is 16.5. The van der Waals surface area contributed by atoms with E-state index in [-0.39, 0.29) is 30.3 Å². The van der Waals surface area contributed by atoms with Crippen LogP contribution < -0.4 is 10.6 Å². The van der Waals surface area contributed by atoms with Gasteiger partial charge in [-0.2, -0.15) is 5.10 Å². The van der Waals surface area contributed by atoms with Gasteiger partial charge in [-0.3, -0.25) is 4.79 Å². The van der Waals surface area contributed by atoms with Crippen molar-refractivity contribution >= 4 is 24.1 Å². The quantitative estimate of drug-likeness (QED) is 0.884. The third-order valence-electron chi connectivity index (χ3n) is 5.28. The first-order valence-electron chi connectivity index (χ1n) is 8.87. The van der Waals surface area contributed by atoms with E-state index in [1.165, 1.54) is 11.1 Å². The summed E-state index contributed by atoms with van der Waals surface area (Å²) in [5.41, 5.74) is 3.77. The van der Waals surface area contributed by atoms with Crippen LogP contribution in [0.5, 0.6) is 0 Å². The molecule has 2 aromatic rings. The number of aromatic nitrogens is 2. The summed E-state index contributed by atoms with van der Waals surface area (Å²) in [6.45, 7) is 3.71. The van der Waals surface area contributed by atoms with Gasteiger partial charge in [0.05, 0.1) is 18.2 Å². The molecule has 1 saturated heterocycles. The fraction of sp³-hybridized carbons (Fsp3) is 0.474. The highest BCUT2D eigenvalue weighted by Gasteiger charge is 2.27. The van der Waals surface area contributed by atoms with Gasteiger partial charge in [-0.05, 0) is 50.3 Å². The fourth-order valence-electron chi connectivity index (χ4n) is 3.92. The summed E-state index contributed by atoms with van der Waals surface area (Å²) in [5, 5.41) is 11.0. The van der Waals surface area contributed by atoms with E-state index >= 15 is 0 Å². The number of hydrogen-bond donors (Lipinski definition) is 2. The molecule has 2 aliphatic rings. The molecule has 1 aromatic heterocycles. The third kappa shape index (κ3) is 3.44. The smallest absolute Gasteiger partial charge is 0.229 e.